The van der Waals surface area contributed by atoms with Gasteiger partial charge in [0.15, 0.2) is 0 Å². The minimum absolute atomic E-state index is 0.0325. The van der Waals surface area contributed by atoms with Crippen molar-refractivity contribution in [1.82, 2.24) is 5.43 Å². The number of hydrogen-bond donors (Lipinski definition) is 2. The van der Waals surface area contributed by atoms with Crippen molar-refractivity contribution in [2.75, 3.05) is 13.2 Å². The van der Waals surface area contributed by atoms with Crippen LogP contribution >= 0.6 is 23.2 Å². The molecule has 1 fully saturated rings. The smallest absolute Gasteiger partial charge is 0.0640 e. The second-order valence-electron chi connectivity index (χ2n) is 4.24. The summed E-state index contributed by atoms with van der Waals surface area (Å²) in [5, 5.41) is 1.15. The molecule has 17 heavy (non-hydrogen) atoms. The molecule has 0 aromatic heterocycles. The summed E-state index contributed by atoms with van der Waals surface area (Å²) in [6, 6.07) is 5.68. The van der Waals surface area contributed by atoms with Crippen LogP contribution in [0.1, 0.15) is 24.4 Å². The fourth-order valence-corrected chi connectivity index (χ4v) is 2.72. The van der Waals surface area contributed by atoms with Crippen molar-refractivity contribution >= 4 is 23.2 Å². The van der Waals surface area contributed by atoms with Gasteiger partial charge in [0, 0.05) is 13.2 Å². The zero-order chi connectivity index (χ0) is 12.3. The molecular formula is C12H16Cl2N2O. The van der Waals surface area contributed by atoms with Gasteiger partial charge in [-0.3, -0.25) is 11.3 Å². The molecule has 1 aliphatic heterocycles. The zero-order valence-corrected chi connectivity index (χ0v) is 11.0. The van der Waals surface area contributed by atoms with Crippen LogP contribution in [0.4, 0.5) is 0 Å². The molecule has 1 atom stereocenters. The fourth-order valence-electron chi connectivity index (χ4n) is 2.29. The Morgan fingerprint density at radius 1 is 1.29 bits per heavy atom. The first-order valence-electron chi connectivity index (χ1n) is 5.72. The van der Waals surface area contributed by atoms with E-state index in [1.54, 1.807) is 6.07 Å². The van der Waals surface area contributed by atoms with Gasteiger partial charge < -0.3 is 4.74 Å². The Labute approximate surface area is 111 Å². The monoisotopic (exact) mass is 274 g/mol. The van der Waals surface area contributed by atoms with E-state index in [4.69, 9.17) is 33.8 Å². The Kier molecular flexibility index (Phi) is 4.65. The standard InChI is InChI=1S/C12H16Cl2N2O/c13-10-3-1-2-9(11(10)14)12(16-15)8-4-6-17-7-5-8/h1-3,8,12,16H,4-7,15H2. The number of halogens is 2. The van der Waals surface area contributed by atoms with Gasteiger partial charge in [0.1, 0.15) is 0 Å². The maximum absolute atomic E-state index is 6.23. The Morgan fingerprint density at radius 3 is 2.65 bits per heavy atom. The second kappa shape index (κ2) is 6.03. The third-order valence-corrected chi connectivity index (χ3v) is 4.07. The minimum atomic E-state index is 0.0325. The van der Waals surface area contributed by atoms with Crippen LogP contribution in [-0.2, 0) is 4.74 Å². The van der Waals surface area contributed by atoms with Crippen molar-refractivity contribution in [3.05, 3.63) is 33.8 Å². The molecule has 3 N–H and O–H groups in total. The maximum atomic E-state index is 6.23. The molecule has 0 spiro atoms. The van der Waals surface area contributed by atoms with Crippen LogP contribution in [0.25, 0.3) is 0 Å². The van der Waals surface area contributed by atoms with Crippen LogP contribution in [0.2, 0.25) is 10.0 Å². The van der Waals surface area contributed by atoms with Gasteiger partial charge in [-0.05, 0) is 30.4 Å². The summed E-state index contributed by atoms with van der Waals surface area (Å²) in [7, 11) is 0. The van der Waals surface area contributed by atoms with Crippen molar-refractivity contribution < 1.29 is 4.74 Å². The first-order chi connectivity index (χ1) is 8.24. The zero-order valence-electron chi connectivity index (χ0n) is 9.46. The Hall–Kier alpha value is -0.320. The first-order valence-corrected chi connectivity index (χ1v) is 6.47. The summed E-state index contributed by atoms with van der Waals surface area (Å²) in [6.45, 7) is 1.56. The van der Waals surface area contributed by atoms with Gasteiger partial charge in [-0.2, -0.15) is 0 Å². The number of benzene rings is 1. The van der Waals surface area contributed by atoms with E-state index in [2.05, 4.69) is 5.43 Å². The van der Waals surface area contributed by atoms with Crippen LogP contribution < -0.4 is 11.3 Å². The predicted octanol–water partition coefficient (Wildman–Crippen LogP) is 2.92. The number of ether oxygens (including phenoxy) is 1. The molecule has 2 rings (SSSR count). The van der Waals surface area contributed by atoms with Crippen molar-refractivity contribution in [2.45, 2.75) is 18.9 Å². The highest BCUT2D eigenvalue weighted by molar-refractivity contribution is 6.42. The van der Waals surface area contributed by atoms with Gasteiger partial charge in [0.25, 0.3) is 0 Å². The van der Waals surface area contributed by atoms with Crippen molar-refractivity contribution in [3.63, 3.8) is 0 Å². The van der Waals surface area contributed by atoms with Gasteiger partial charge in [0.2, 0.25) is 0 Å². The third-order valence-electron chi connectivity index (χ3n) is 3.23. The predicted molar refractivity (Wildman–Crippen MR) is 70.1 cm³/mol. The van der Waals surface area contributed by atoms with Crippen LogP contribution in [0.5, 0.6) is 0 Å². The third kappa shape index (κ3) is 2.92. The van der Waals surface area contributed by atoms with Crippen molar-refractivity contribution in [2.24, 2.45) is 11.8 Å². The van der Waals surface area contributed by atoms with Crippen LogP contribution in [0.15, 0.2) is 18.2 Å². The Morgan fingerprint density at radius 2 is 2.00 bits per heavy atom. The van der Waals surface area contributed by atoms with E-state index in [-0.39, 0.29) is 6.04 Å². The lowest BCUT2D eigenvalue weighted by Crippen LogP contribution is -2.36. The van der Waals surface area contributed by atoms with Crippen molar-refractivity contribution in [3.8, 4) is 0 Å². The number of nitrogens with two attached hydrogens (primary N) is 1. The number of rotatable bonds is 3. The molecule has 1 aromatic rings. The molecule has 0 bridgehead atoms. The summed E-state index contributed by atoms with van der Waals surface area (Å²) in [5.41, 5.74) is 3.82. The lowest BCUT2D eigenvalue weighted by Gasteiger charge is -2.30. The molecule has 1 aromatic carbocycles. The Bertz CT molecular complexity index is 381. The molecule has 1 aliphatic rings. The molecule has 1 saturated heterocycles. The Balaban J connectivity index is 2.24. The molecule has 0 saturated carbocycles. The van der Waals surface area contributed by atoms with E-state index in [0.717, 1.165) is 31.6 Å². The van der Waals surface area contributed by atoms with E-state index in [9.17, 15) is 0 Å². The van der Waals surface area contributed by atoms with Gasteiger partial charge in [-0.25, -0.2) is 0 Å². The first kappa shape index (κ1) is 13.1. The summed E-state index contributed by atoms with van der Waals surface area (Å²) >= 11 is 12.3. The molecule has 0 radical (unpaired) electrons. The highest BCUT2D eigenvalue weighted by atomic mass is 35.5. The number of hydrogen-bond acceptors (Lipinski definition) is 3. The lowest BCUT2D eigenvalue weighted by molar-refractivity contribution is 0.0536. The van der Waals surface area contributed by atoms with E-state index in [1.807, 2.05) is 12.1 Å². The SMILES string of the molecule is NNC(c1cccc(Cl)c1Cl)C1CCOCC1. The van der Waals surface area contributed by atoms with Gasteiger partial charge >= 0.3 is 0 Å². The molecule has 1 unspecified atom stereocenters. The minimum Gasteiger partial charge on any atom is -0.381 e. The van der Waals surface area contributed by atoms with E-state index in [0.29, 0.717) is 16.0 Å². The van der Waals surface area contributed by atoms with Gasteiger partial charge in [0.05, 0.1) is 16.1 Å². The van der Waals surface area contributed by atoms with Crippen LogP contribution in [0.3, 0.4) is 0 Å². The average Bonchev–Trinajstić information content (AvgIpc) is 2.37. The van der Waals surface area contributed by atoms with E-state index < -0.39 is 0 Å². The quantitative estimate of drug-likeness (QED) is 0.658. The highest BCUT2D eigenvalue weighted by Gasteiger charge is 2.26. The fraction of sp³-hybridized carbons (Fsp3) is 0.500. The van der Waals surface area contributed by atoms with Crippen molar-refractivity contribution in [1.29, 1.82) is 0 Å². The molecule has 3 nitrogen and oxygen atoms in total. The normalized spacial score (nSPS) is 19.2. The molecule has 0 aliphatic carbocycles. The number of nitrogens with one attached hydrogen (secondary N) is 1. The summed E-state index contributed by atoms with van der Waals surface area (Å²) < 4.78 is 5.36. The van der Waals surface area contributed by atoms with Crippen LogP contribution in [-0.4, -0.2) is 13.2 Å². The van der Waals surface area contributed by atoms with E-state index in [1.165, 1.54) is 0 Å². The summed E-state index contributed by atoms with van der Waals surface area (Å²) in [4.78, 5) is 0. The highest BCUT2D eigenvalue weighted by Crippen LogP contribution is 2.36. The largest absolute Gasteiger partial charge is 0.381 e. The molecular weight excluding hydrogens is 259 g/mol. The van der Waals surface area contributed by atoms with Crippen LogP contribution in [0, 0.1) is 5.92 Å². The molecule has 5 heteroatoms. The van der Waals surface area contributed by atoms with E-state index >= 15 is 0 Å². The average molecular weight is 275 g/mol. The number of hydrazine groups is 1. The second-order valence-corrected chi connectivity index (χ2v) is 5.02. The van der Waals surface area contributed by atoms with Gasteiger partial charge in [-0.15, -0.1) is 0 Å². The molecule has 1 heterocycles. The maximum Gasteiger partial charge on any atom is 0.0640 e. The van der Waals surface area contributed by atoms with Gasteiger partial charge in [-0.1, -0.05) is 35.3 Å². The molecule has 0 amide bonds. The topological polar surface area (TPSA) is 47.3 Å². The summed E-state index contributed by atoms with van der Waals surface area (Å²) in [5.74, 6) is 6.10. The summed E-state index contributed by atoms with van der Waals surface area (Å²) in [6.07, 6.45) is 1.97. The lowest BCUT2D eigenvalue weighted by atomic mass is 9.87. The molecule has 94 valence electrons.